The summed E-state index contributed by atoms with van der Waals surface area (Å²) in [5.74, 6) is 0. The highest BCUT2D eigenvalue weighted by Gasteiger charge is 2.22. The van der Waals surface area contributed by atoms with Crippen LogP contribution in [-0.2, 0) is 0 Å². The Morgan fingerprint density at radius 1 is 1.38 bits per heavy atom. The maximum absolute atomic E-state index is 5.93. The van der Waals surface area contributed by atoms with Crippen molar-refractivity contribution in [2.45, 2.75) is 13.2 Å². The third kappa shape index (κ3) is 1.17. The van der Waals surface area contributed by atoms with Crippen molar-refractivity contribution in [2.24, 2.45) is 5.73 Å². The van der Waals surface area contributed by atoms with Crippen LogP contribution in [0.5, 0.6) is 0 Å². The van der Waals surface area contributed by atoms with Gasteiger partial charge in [-0.3, -0.25) is 10.7 Å². The summed E-state index contributed by atoms with van der Waals surface area (Å²) in [6.07, 6.45) is 3.63. The summed E-state index contributed by atoms with van der Waals surface area (Å²) in [7, 11) is 1.98. The monoisotopic (exact) mass is 214 g/mol. The summed E-state index contributed by atoms with van der Waals surface area (Å²) in [6.45, 7) is 2.07. The smallest absolute Gasteiger partial charge is 0.152 e. The van der Waals surface area contributed by atoms with Crippen LogP contribution in [0.3, 0.4) is 0 Å². The highest BCUT2D eigenvalue weighted by Crippen LogP contribution is 2.36. The van der Waals surface area contributed by atoms with Crippen LogP contribution >= 0.6 is 0 Å². The van der Waals surface area contributed by atoms with E-state index in [0.29, 0.717) is 0 Å². The predicted molar refractivity (Wildman–Crippen MR) is 66.5 cm³/mol. The fraction of sp³-hybridized carbons (Fsp3) is 0.250. The summed E-state index contributed by atoms with van der Waals surface area (Å²) in [6, 6.07) is 4.27. The minimum Gasteiger partial charge on any atom is -0.351 e. The molecule has 82 valence electrons. The lowest BCUT2D eigenvalue weighted by Gasteiger charge is -2.16. The van der Waals surface area contributed by atoms with Gasteiger partial charge in [0.25, 0.3) is 0 Å². The number of benzene rings is 1. The lowest BCUT2D eigenvalue weighted by atomic mass is 10.1. The van der Waals surface area contributed by atoms with Gasteiger partial charge in [-0.15, -0.1) is 0 Å². The van der Waals surface area contributed by atoms with Crippen molar-refractivity contribution < 1.29 is 0 Å². The van der Waals surface area contributed by atoms with Crippen LogP contribution in [0.15, 0.2) is 24.5 Å². The first-order valence-corrected chi connectivity index (χ1v) is 5.30. The van der Waals surface area contributed by atoms with Gasteiger partial charge in [-0.25, -0.2) is 0 Å². The van der Waals surface area contributed by atoms with E-state index in [4.69, 9.17) is 5.73 Å². The van der Waals surface area contributed by atoms with Gasteiger partial charge in [0.2, 0.25) is 0 Å². The Morgan fingerprint density at radius 3 is 3.00 bits per heavy atom. The lowest BCUT2D eigenvalue weighted by molar-refractivity contribution is 0.769. The van der Waals surface area contributed by atoms with Crippen molar-refractivity contribution in [3.05, 3.63) is 30.1 Å². The molecule has 4 nitrogen and oxygen atoms in total. The minimum absolute atomic E-state index is 0.139. The molecule has 2 aromatic rings. The summed E-state index contributed by atoms with van der Waals surface area (Å²) in [4.78, 5) is 6.24. The van der Waals surface area contributed by atoms with Crippen molar-refractivity contribution in [3.63, 3.8) is 0 Å². The molecule has 1 aliphatic rings. The average molecular weight is 214 g/mol. The number of fused-ring (bicyclic) bond motifs is 2. The topological polar surface area (TPSA) is 54.2 Å². The van der Waals surface area contributed by atoms with Gasteiger partial charge in [0.1, 0.15) is 0 Å². The average Bonchev–Trinajstić information content (AvgIpc) is 2.54. The zero-order valence-corrected chi connectivity index (χ0v) is 9.36. The second kappa shape index (κ2) is 3.09. The number of aryl methyl sites for hydroxylation is 1. The largest absolute Gasteiger partial charge is 0.351 e. The first kappa shape index (κ1) is 9.42. The number of nitrogens with zero attached hydrogens (tertiary/aromatic N) is 2. The van der Waals surface area contributed by atoms with Crippen LogP contribution in [0.4, 0.5) is 11.4 Å². The number of hydrogen-bond donors (Lipinski definition) is 2. The van der Waals surface area contributed by atoms with E-state index >= 15 is 0 Å². The van der Waals surface area contributed by atoms with E-state index in [1.165, 1.54) is 10.9 Å². The number of rotatable bonds is 0. The molecular weight excluding hydrogens is 200 g/mol. The van der Waals surface area contributed by atoms with Gasteiger partial charge in [-0.05, 0) is 30.0 Å². The van der Waals surface area contributed by atoms with Crippen LogP contribution in [-0.4, -0.2) is 18.3 Å². The molecule has 3 N–H and O–H groups in total. The molecule has 0 saturated carbocycles. The Hall–Kier alpha value is -1.81. The van der Waals surface area contributed by atoms with Crippen molar-refractivity contribution in [3.8, 4) is 0 Å². The van der Waals surface area contributed by atoms with Crippen molar-refractivity contribution in [1.29, 1.82) is 0 Å². The van der Waals surface area contributed by atoms with Gasteiger partial charge >= 0.3 is 0 Å². The third-order valence-corrected chi connectivity index (χ3v) is 3.18. The molecule has 1 aliphatic heterocycles. The maximum atomic E-state index is 5.93. The third-order valence-electron chi connectivity index (χ3n) is 3.18. The number of pyridine rings is 1. The van der Waals surface area contributed by atoms with Gasteiger partial charge in [0.05, 0.1) is 11.4 Å². The maximum Gasteiger partial charge on any atom is 0.152 e. The molecule has 1 atom stereocenters. The molecule has 0 spiro atoms. The molecule has 0 aliphatic carbocycles. The Kier molecular flexibility index (Phi) is 1.82. The number of nitrogens with one attached hydrogen (secondary N) is 1. The fourth-order valence-electron chi connectivity index (χ4n) is 2.17. The summed E-state index contributed by atoms with van der Waals surface area (Å²) in [5, 5.41) is 5.63. The molecule has 0 radical (unpaired) electrons. The second-order valence-corrected chi connectivity index (χ2v) is 4.25. The van der Waals surface area contributed by atoms with Crippen LogP contribution in [0.2, 0.25) is 0 Å². The minimum atomic E-state index is -0.139. The standard InChI is InChI=1S/C12H14N4/c1-7-5-14-6-8-3-11-10(4-9(7)8)15-12(13)16(11)2/h3-6,12,15H,13H2,1-2H3. The number of hydrogen-bond acceptors (Lipinski definition) is 4. The van der Waals surface area contributed by atoms with E-state index in [-0.39, 0.29) is 6.29 Å². The van der Waals surface area contributed by atoms with Gasteiger partial charge in [-0.2, -0.15) is 0 Å². The van der Waals surface area contributed by atoms with Crippen LogP contribution in [0, 0.1) is 6.92 Å². The second-order valence-electron chi connectivity index (χ2n) is 4.25. The summed E-state index contributed by atoms with van der Waals surface area (Å²) >= 11 is 0. The molecule has 1 aromatic carbocycles. The molecule has 0 bridgehead atoms. The molecule has 2 heterocycles. The number of nitrogens with two attached hydrogens (primary N) is 1. The van der Waals surface area contributed by atoms with Crippen LogP contribution in [0.1, 0.15) is 5.56 Å². The van der Waals surface area contributed by atoms with E-state index in [2.05, 4.69) is 29.4 Å². The molecule has 16 heavy (non-hydrogen) atoms. The van der Waals surface area contributed by atoms with Crippen LogP contribution in [0.25, 0.3) is 10.8 Å². The van der Waals surface area contributed by atoms with Gasteiger partial charge in [-0.1, -0.05) is 0 Å². The highest BCUT2D eigenvalue weighted by atomic mass is 15.4. The molecule has 1 unspecified atom stereocenters. The Bertz CT molecular complexity index is 564. The first-order chi connectivity index (χ1) is 7.66. The Labute approximate surface area is 94.1 Å². The Balaban J connectivity index is 2.30. The normalized spacial score (nSPS) is 18.7. The van der Waals surface area contributed by atoms with Gasteiger partial charge in [0, 0.05) is 24.8 Å². The van der Waals surface area contributed by atoms with Crippen molar-refractivity contribution in [2.75, 3.05) is 17.3 Å². The fourth-order valence-corrected chi connectivity index (χ4v) is 2.17. The summed E-state index contributed by atoms with van der Waals surface area (Å²) < 4.78 is 0. The van der Waals surface area contributed by atoms with E-state index in [9.17, 15) is 0 Å². The lowest BCUT2D eigenvalue weighted by Crippen LogP contribution is -2.40. The zero-order valence-electron chi connectivity index (χ0n) is 9.36. The highest BCUT2D eigenvalue weighted by molar-refractivity contribution is 5.95. The molecule has 0 fully saturated rings. The molecule has 4 heteroatoms. The van der Waals surface area contributed by atoms with Gasteiger partial charge in [0.15, 0.2) is 6.29 Å². The Morgan fingerprint density at radius 2 is 2.19 bits per heavy atom. The van der Waals surface area contributed by atoms with Gasteiger partial charge < -0.3 is 10.2 Å². The number of aromatic nitrogens is 1. The van der Waals surface area contributed by atoms with E-state index in [0.717, 1.165) is 16.8 Å². The quantitative estimate of drug-likeness (QED) is 0.700. The molecule has 1 aromatic heterocycles. The zero-order chi connectivity index (χ0) is 11.3. The molecular formula is C12H14N4. The predicted octanol–water partition coefficient (Wildman–Crippen LogP) is 1.65. The number of anilines is 2. The molecule has 0 amide bonds. The molecule has 0 saturated heterocycles. The van der Waals surface area contributed by atoms with Crippen LogP contribution < -0.4 is 16.0 Å². The van der Waals surface area contributed by atoms with E-state index < -0.39 is 0 Å². The molecule has 3 rings (SSSR count). The summed E-state index contributed by atoms with van der Waals surface area (Å²) in [5.41, 5.74) is 9.34. The van der Waals surface area contributed by atoms with E-state index in [1.54, 1.807) is 0 Å². The SMILES string of the molecule is Cc1cncc2cc3c(cc12)NC(N)N3C. The van der Waals surface area contributed by atoms with Crippen molar-refractivity contribution in [1.82, 2.24) is 4.98 Å². The van der Waals surface area contributed by atoms with E-state index in [1.807, 2.05) is 24.3 Å². The van der Waals surface area contributed by atoms with Crippen molar-refractivity contribution >= 4 is 22.1 Å². The first-order valence-electron chi connectivity index (χ1n) is 5.30.